The van der Waals surface area contributed by atoms with E-state index in [1.807, 2.05) is 81.4 Å². The van der Waals surface area contributed by atoms with E-state index < -0.39 is 57.2 Å². The molecule has 272 valence electrons. The van der Waals surface area contributed by atoms with Gasteiger partial charge in [0.1, 0.15) is 17.2 Å². The third kappa shape index (κ3) is 11.0. The van der Waals surface area contributed by atoms with Crippen LogP contribution in [0.25, 0.3) is 11.1 Å². The van der Waals surface area contributed by atoms with E-state index in [2.05, 4.69) is 42.9 Å². The van der Waals surface area contributed by atoms with Gasteiger partial charge in [-0.3, -0.25) is 4.99 Å². The molecule has 0 heterocycles. The number of hydrogen-bond donors (Lipinski definition) is 2. The summed E-state index contributed by atoms with van der Waals surface area (Å²) < 4.78 is 66.4. The van der Waals surface area contributed by atoms with Gasteiger partial charge in [-0.1, -0.05) is 108 Å². The first kappa shape index (κ1) is 42.4. The van der Waals surface area contributed by atoms with Crippen molar-refractivity contribution < 1.29 is 49.2 Å². The molecule has 0 aliphatic heterocycles. The van der Waals surface area contributed by atoms with Crippen molar-refractivity contribution in [1.29, 1.82) is 0 Å². The minimum atomic E-state index is -2.25. The molecule has 0 saturated carbocycles. The van der Waals surface area contributed by atoms with Crippen LogP contribution in [0, 0.1) is 29.1 Å². The molecular weight excluding hydrogens is 754 g/mol. The van der Waals surface area contributed by atoms with E-state index in [4.69, 9.17) is 18.6 Å². The Morgan fingerprint density at radius 1 is 0.558 bits per heavy atom. The van der Waals surface area contributed by atoms with E-state index in [0.717, 1.165) is 23.0 Å². The molecule has 0 spiro atoms. The van der Waals surface area contributed by atoms with E-state index >= 15 is 0 Å². The average Bonchev–Trinajstić information content (AvgIpc) is 3.10. The van der Waals surface area contributed by atoms with Crippen molar-refractivity contribution >= 4 is 42.4 Å². The SMILES string of the molecule is CC(C)(C)c1ccc(N=Cc2cccc(-c3ccccc3)c2O)cc1.CC(C)(C)c1cccc(C=Nc2c(F)c(F)c(F)c(F)c2F)c1O.[Cl][Ti][Cl]. The molecule has 0 unspecified atom stereocenters. The molecule has 12 heteroatoms. The number of hydrogen-bond acceptors (Lipinski definition) is 4. The zero-order valence-corrected chi connectivity index (χ0v) is 32.3. The molecule has 0 amide bonds. The number of aliphatic imine (C=N–C) groups is 2. The number of nitrogens with zero attached hydrogens (tertiary/aromatic N) is 2. The van der Waals surface area contributed by atoms with Crippen LogP contribution in [0.15, 0.2) is 101 Å². The number of phenols is 2. The molecule has 2 N–H and O–H groups in total. The number of aromatic hydroxyl groups is 2. The first-order valence-electron chi connectivity index (χ1n) is 15.8. The first-order chi connectivity index (χ1) is 24.4. The fourth-order valence-electron chi connectivity index (χ4n) is 4.82. The van der Waals surface area contributed by atoms with Crippen molar-refractivity contribution in [2.45, 2.75) is 52.4 Å². The van der Waals surface area contributed by atoms with E-state index in [1.165, 1.54) is 11.6 Å². The molecule has 0 aliphatic rings. The van der Waals surface area contributed by atoms with Gasteiger partial charge in [0, 0.05) is 29.1 Å². The number of halogens is 7. The van der Waals surface area contributed by atoms with Crippen LogP contribution in [0.4, 0.5) is 33.3 Å². The van der Waals surface area contributed by atoms with Gasteiger partial charge in [-0.2, -0.15) is 0 Å². The zero-order chi connectivity index (χ0) is 38.8. The van der Waals surface area contributed by atoms with Crippen molar-refractivity contribution in [1.82, 2.24) is 0 Å². The van der Waals surface area contributed by atoms with Crippen LogP contribution in [0.5, 0.6) is 11.5 Å². The Morgan fingerprint density at radius 2 is 1.04 bits per heavy atom. The standard InChI is InChI=1S/C23H23NO.C17H14F5NO.2ClH.Ti/c1-23(2,3)19-12-14-20(15-13-19)24-16-18-10-7-11-21(22(18)25)17-8-5-4-6-9-17;1-17(2,3)9-6-4-5-8(16(9)24)7-23-15-13(21)11(19)10(18)12(20)14(15)22;;;/h4-16,25H,1-3H3;4-7,24H,1-3H3;2*1H;/q;;;;+2/p-2. The fourth-order valence-corrected chi connectivity index (χ4v) is 4.82. The van der Waals surface area contributed by atoms with Crippen LogP contribution in [0.2, 0.25) is 0 Å². The molecule has 0 atom stereocenters. The Kier molecular flexibility index (Phi) is 15.2. The van der Waals surface area contributed by atoms with Gasteiger partial charge in [0.25, 0.3) is 0 Å². The number of benzene rings is 5. The Morgan fingerprint density at radius 3 is 1.56 bits per heavy atom. The average molecular weight is 792 g/mol. The molecule has 4 nitrogen and oxygen atoms in total. The topological polar surface area (TPSA) is 65.2 Å². The van der Waals surface area contributed by atoms with Crippen molar-refractivity contribution in [2.24, 2.45) is 9.98 Å². The molecule has 0 aromatic heterocycles. The van der Waals surface area contributed by atoms with Gasteiger partial charge in [-0.05, 0) is 51.8 Å². The van der Waals surface area contributed by atoms with Crippen LogP contribution in [-0.2, 0) is 27.9 Å². The molecular formula is C40H37Cl2F5N2O2Ti. The van der Waals surface area contributed by atoms with E-state index in [-0.39, 0.29) is 22.5 Å². The summed E-state index contributed by atoms with van der Waals surface area (Å²) in [4.78, 5) is 7.85. The second-order valence-corrected chi connectivity index (χ2v) is 16.0. The summed E-state index contributed by atoms with van der Waals surface area (Å²) in [6, 6.07) is 28.5. The van der Waals surface area contributed by atoms with Gasteiger partial charge in [-0.15, -0.1) is 0 Å². The Hall–Kier alpha value is -4.02. The normalized spacial score (nSPS) is 11.6. The van der Waals surface area contributed by atoms with Gasteiger partial charge in [0.05, 0.1) is 5.69 Å². The fraction of sp³-hybridized carbons (Fsp3) is 0.200. The molecule has 52 heavy (non-hydrogen) atoms. The first-order valence-corrected chi connectivity index (χ1v) is 20.1. The number of rotatable bonds is 5. The molecule has 5 aromatic rings. The summed E-state index contributed by atoms with van der Waals surface area (Å²) in [5.41, 5.74) is 3.70. The van der Waals surface area contributed by atoms with Gasteiger partial charge in [0.15, 0.2) is 23.3 Å². The Labute approximate surface area is 317 Å². The Bertz CT molecular complexity index is 2000. The van der Waals surface area contributed by atoms with Gasteiger partial charge >= 0.3 is 35.6 Å². The molecule has 0 bridgehead atoms. The summed E-state index contributed by atoms with van der Waals surface area (Å²) >= 11 is -0.556. The summed E-state index contributed by atoms with van der Waals surface area (Å²) in [5.74, 6) is -10.4. The quantitative estimate of drug-likeness (QED) is 0.0612. The van der Waals surface area contributed by atoms with E-state index in [9.17, 15) is 32.2 Å². The predicted molar refractivity (Wildman–Crippen MR) is 198 cm³/mol. The summed E-state index contributed by atoms with van der Waals surface area (Å²) in [6.45, 7) is 12.1. The van der Waals surface area contributed by atoms with Crippen molar-refractivity contribution in [3.05, 3.63) is 142 Å². The van der Waals surface area contributed by atoms with Crippen molar-refractivity contribution in [2.75, 3.05) is 0 Å². The predicted octanol–water partition coefficient (Wildman–Crippen LogP) is 12.6. The summed E-state index contributed by atoms with van der Waals surface area (Å²) in [7, 11) is 9.78. The maximum atomic E-state index is 13.6. The third-order valence-electron chi connectivity index (χ3n) is 7.63. The van der Waals surface area contributed by atoms with Gasteiger partial charge < -0.3 is 10.2 Å². The summed E-state index contributed by atoms with van der Waals surface area (Å²) in [5, 5.41) is 20.8. The maximum absolute atomic E-state index is 13.6. The van der Waals surface area contributed by atoms with Crippen molar-refractivity contribution in [3.8, 4) is 22.6 Å². The van der Waals surface area contributed by atoms with E-state index in [0.29, 0.717) is 11.1 Å². The second-order valence-electron chi connectivity index (χ2n) is 13.4. The minimum absolute atomic E-state index is 0.0892. The third-order valence-corrected chi connectivity index (χ3v) is 7.63. The molecule has 5 aromatic carbocycles. The molecule has 0 radical (unpaired) electrons. The van der Waals surface area contributed by atoms with Crippen LogP contribution in [0.1, 0.15) is 63.8 Å². The summed E-state index contributed by atoms with van der Waals surface area (Å²) in [6.07, 6.45) is 2.57. The monoisotopic (exact) mass is 790 g/mol. The van der Waals surface area contributed by atoms with E-state index in [1.54, 1.807) is 18.3 Å². The van der Waals surface area contributed by atoms with Gasteiger partial charge in [-0.25, -0.2) is 26.9 Å². The van der Waals surface area contributed by atoms with Crippen molar-refractivity contribution in [3.63, 3.8) is 0 Å². The molecule has 0 fully saturated rings. The van der Waals surface area contributed by atoms with Crippen LogP contribution in [-0.4, -0.2) is 22.6 Å². The van der Waals surface area contributed by atoms with Gasteiger partial charge in [0.2, 0.25) is 5.82 Å². The molecule has 0 aliphatic carbocycles. The van der Waals surface area contributed by atoms with Crippen LogP contribution in [0.3, 0.4) is 0 Å². The second kappa shape index (κ2) is 18.7. The zero-order valence-electron chi connectivity index (χ0n) is 29.2. The Balaban J connectivity index is 0.000000261. The number of para-hydroxylation sites is 2. The number of phenolic OH excluding ortho intramolecular Hbond substituents is 2. The van der Waals surface area contributed by atoms with Crippen LogP contribution < -0.4 is 0 Å². The van der Waals surface area contributed by atoms with Crippen LogP contribution >= 0.6 is 18.6 Å². The molecule has 0 saturated heterocycles. The molecule has 5 rings (SSSR count).